The number of piperidine rings is 2. The number of hydrogen-bond acceptors (Lipinski definition) is 4. The molecular formula is C17H26N2O3S. The molecule has 1 aromatic rings. The van der Waals surface area contributed by atoms with Crippen LogP contribution in [0.3, 0.4) is 0 Å². The molecule has 6 heteroatoms. The quantitative estimate of drug-likeness (QED) is 0.906. The summed E-state index contributed by atoms with van der Waals surface area (Å²) in [4.78, 5) is 2.58. The predicted octanol–water partition coefficient (Wildman–Crippen LogP) is 1.46. The van der Waals surface area contributed by atoms with Gasteiger partial charge in [0.15, 0.2) is 0 Å². The van der Waals surface area contributed by atoms with Crippen LogP contribution in [0.4, 0.5) is 0 Å². The van der Waals surface area contributed by atoms with E-state index in [0.29, 0.717) is 18.0 Å². The second-order valence-electron chi connectivity index (χ2n) is 7.05. The number of benzene rings is 1. The largest absolute Gasteiger partial charge is 0.396 e. The summed E-state index contributed by atoms with van der Waals surface area (Å²) in [6.45, 7) is 4.00. The van der Waals surface area contributed by atoms with Crippen LogP contribution in [0.25, 0.3) is 0 Å². The van der Waals surface area contributed by atoms with Crippen molar-refractivity contribution < 1.29 is 13.5 Å². The van der Waals surface area contributed by atoms with Crippen molar-refractivity contribution in [3.8, 4) is 0 Å². The third-order valence-electron chi connectivity index (χ3n) is 5.63. The summed E-state index contributed by atoms with van der Waals surface area (Å²) < 4.78 is 27.4. The van der Waals surface area contributed by atoms with E-state index in [1.54, 1.807) is 16.4 Å². The van der Waals surface area contributed by atoms with Gasteiger partial charge >= 0.3 is 0 Å². The second kappa shape index (κ2) is 6.16. The summed E-state index contributed by atoms with van der Waals surface area (Å²) in [5.41, 5.74) is 0.903. The summed E-state index contributed by atoms with van der Waals surface area (Å²) in [7, 11) is -1.42. The van der Waals surface area contributed by atoms with Crippen molar-refractivity contribution in [3.63, 3.8) is 0 Å². The van der Waals surface area contributed by atoms with Gasteiger partial charge in [-0.25, -0.2) is 8.42 Å². The number of aliphatic hydroxyl groups excluding tert-OH is 1. The third kappa shape index (κ3) is 2.93. The van der Waals surface area contributed by atoms with Gasteiger partial charge in [-0.15, -0.1) is 0 Å². The highest BCUT2D eigenvalue weighted by Crippen LogP contribution is 2.42. The Morgan fingerprint density at radius 1 is 1.22 bits per heavy atom. The van der Waals surface area contributed by atoms with E-state index in [-0.39, 0.29) is 18.1 Å². The molecule has 2 fully saturated rings. The van der Waals surface area contributed by atoms with Crippen molar-refractivity contribution in [1.29, 1.82) is 0 Å². The van der Waals surface area contributed by atoms with Crippen LogP contribution in [-0.2, 0) is 10.0 Å². The van der Waals surface area contributed by atoms with Crippen molar-refractivity contribution >= 4 is 10.0 Å². The van der Waals surface area contributed by atoms with Gasteiger partial charge in [-0.05, 0) is 51.9 Å². The number of nitrogens with zero attached hydrogens (tertiary/aromatic N) is 2. The standard InChI is InChI=1S/C17H26N2O3S/c1-14-4-6-15(7-5-14)23(21,22)19-11-9-17(13-20)8-3-10-18(2)16(17)12-19/h4-7,16,20H,3,8-13H2,1-2H3/t16-,17-/m1/s1. The number of fused-ring (bicyclic) bond motifs is 1. The van der Waals surface area contributed by atoms with Gasteiger partial charge in [-0.3, -0.25) is 0 Å². The number of hydrogen-bond donors (Lipinski definition) is 1. The Hall–Kier alpha value is -0.950. The van der Waals surface area contributed by atoms with Crippen molar-refractivity contribution in [2.45, 2.75) is 37.1 Å². The molecule has 128 valence electrons. The Morgan fingerprint density at radius 2 is 1.91 bits per heavy atom. The second-order valence-corrected chi connectivity index (χ2v) is 8.98. The predicted molar refractivity (Wildman–Crippen MR) is 89.7 cm³/mol. The molecule has 1 aromatic carbocycles. The Kier molecular flexibility index (Phi) is 4.53. The van der Waals surface area contributed by atoms with Gasteiger partial charge in [-0.1, -0.05) is 17.7 Å². The first-order valence-electron chi connectivity index (χ1n) is 8.27. The monoisotopic (exact) mass is 338 g/mol. The van der Waals surface area contributed by atoms with Crippen molar-refractivity contribution in [2.24, 2.45) is 5.41 Å². The first kappa shape index (κ1) is 16.9. The zero-order chi connectivity index (χ0) is 16.7. The molecule has 23 heavy (non-hydrogen) atoms. The van der Waals surface area contributed by atoms with E-state index < -0.39 is 10.0 Å². The lowest BCUT2D eigenvalue weighted by Crippen LogP contribution is -2.62. The lowest BCUT2D eigenvalue weighted by Gasteiger charge is -2.53. The summed E-state index contributed by atoms with van der Waals surface area (Å²) in [5, 5.41) is 9.94. The minimum absolute atomic E-state index is 0.0928. The van der Waals surface area contributed by atoms with E-state index in [1.165, 1.54) is 0 Å². The van der Waals surface area contributed by atoms with Gasteiger partial charge in [0.1, 0.15) is 0 Å². The zero-order valence-electron chi connectivity index (χ0n) is 13.9. The third-order valence-corrected chi connectivity index (χ3v) is 7.51. The molecule has 3 rings (SSSR count). The maximum atomic E-state index is 12.9. The van der Waals surface area contributed by atoms with Crippen molar-refractivity contribution in [1.82, 2.24) is 9.21 Å². The van der Waals surface area contributed by atoms with E-state index in [9.17, 15) is 13.5 Å². The van der Waals surface area contributed by atoms with Gasteiger partial charge in [0.05, 0.1) is 11.5 Å². The molecule has 5 nitrogen and oxygen atoms in total. The number of aryl methyl sites for hydroxylation is 1. The number of likely N-dealkylation sites (N-methyl/N-ethyl adjacent to an activating group) is 1. The van der Waals surface area contributed by atoms with Gasteiger partial charge in [-0.2, -0.15) is 4.31 Å². The number of likely N-dealkylation sites (tertiary alicyclic amines) is 1. The van der Waals surface area contributed by atoms with Crippen LogP contribution in [0.5, 0.6) is 0 Å². The summed E-state index contributed by atoms with van der Waals surface area (Å²) in [5.74, 6) is 0. The highest BCUT2D eigenvalue weighted by atomic mass is 32.2. The Labute approximate surface area is 139 Å². The van der Waals surface area contributed by atoms with Crippen LogP contribution in [0.2, 0.25) is 0 Å². The Balaban J connectivity index is 1.86. The molecule has 0 spiro atoms. The van der Waals surface area contributed by atoms with Gasteiger partial charge in [0.2, 0.25) is 10.0 Å². The molecular weight excluding hydrogens is 312 g/mol. The molecule has 0 aromatic heterocycles. The van der Waals surface area contributed by atoms with Crippen molar-refractivity contribution in [3.05, 3.63) is 29.8 Å². The van der Waals surface area contributed by atoms with E-state index in [0.717, 1.165) is 31.4 Å². The Morgan fingerprint density at radius 3 is 2.57 bits per heavy atom. The molecule has 2 aliphatic rings. The zero-order valence-corrected chi connectivity index (χ0v) is 14.7. The number of rotatable bonds is 3. The van der Waals surface area contributed by atoms with E-state index in [1.807, 2.05) is 26.1 Å². The molecule has 2 heterocycles. The first-order chi connectivity index (χ1) is 10.9. The summed E-state index contributed by atoms with van der Waals surface area (Å²) >= 11 is 0. The smallest absolute Gasteiger partial charge is 0.243 e. The molecule has 2 aliphatic heterocycles. The fourth-order valence-corrected chi connectivity index (χ4v) is 5.52. The molecule has 1 N–H and O–H groups in total. The van der Waals surface area contributed by atoms with Crippen LogP contribution in [0, 0.1) is 12.3 Å². The van der Waals surface area contributed by atoms with Crippen LogP contribution >= 0.6 is 0 Å². The van der Waals surface area contributed by atoms with E-state index in [2.05, 4.69) is 4.90 Å². The Bertz CT molecular complexity index is 659. The fraction of sp³-hybridized carbons (Fsp3) is 0.647. The van der Waals surface area contributed by atoms with Gasteiger partial charge in [0, 0.05) is 24.5 Å². The lowest BCUT2D eigenvalue weighted by atomic mass is 9.69. The number of aliphatic hydroxyl groups is 1. The molecule has 0 amide bonds. The molecule has 0 saturated carbocycles. The molecule has 0 aliphatic carbocycles. The lowest BCUT2D eigenvalue weighted by molar-refractivity contribution is -0.0508. The SMILES string of the molecule is Cc1ccc(S(=O)(=O)N2CC[C@@]3(CO)CCCN(C)[C@@H]3C2)cc1. The summed E-state index contributed by atoms with van der Waals surface area (Å²) in [6, 6.07) is 7.13. The highest BCUT2D eigenvalue weighted by Gasteiger charge is 2.48. The average Bonchev–Trinajstić information content (AvgIpc) is 2.55. The maximum Gasteiger partial charge on any atom is 0.243 e. The average molecular weight is 338 g/mol. The maximum absolute atomic E-state index is 12.9. The molecule has 0 bridgehead atoms. The minimum Gasteiger partial charge on any atom is -0.396 e. The van der Waals surface area contributed by atoms with E-state index in [4.69, 9.17) is 0 Å². The van der Waals surface area contributed by atoms with Crippen LogP contribution < -0.4 is 0 Å². The van der Waals surface area contributed by atoms with Crippen LogP contribution in [0.1, 0.15) is 24.8 Å². The molecule has 2 saturated heterocycles. The molecule has 0 unspecified atom stereocenters. The normalized spacial score (nSPS) is 30.1. The van der Waals surface area contributed by atoms with Gasteiger partial charge in [0.25, 0.3) is 0 Å². The summed E-state index contributed by atoms with van der Waals surface area (Å²) in [6.07, 6.45) is 2.78. The minimum atomic E-state index is -3.46. The molecule has 2 atom stereocenters. The molecule has 0 radical (unpaired) electrons. The van der Waals surface area contributed by atoms with Crippen LogP contribution in [-0.4, -0.2) is 62.1 Å². The van der Waals surface area contributed by atoms with Gasteiger partial charge < -0.3 is 10.0 Å². The number of sulfonamides is 1. The highest BCUT2D eigenvalue weighted by molar-refractivity contribution is 7.89. The topological polar surface area (TPSA) is 60.9 Å². The van der Waals surface area contributed by atoms with E-state index >= 15 is 0 Å². The fourth-order valence-electron chi connectivity index (χ4n) is 4.07. The van der Waals surface area contributed by atoms with Crippen molar-refractivity contribution in [2.75, 3.05) is 33.3 Å². The van der Waals surface area contributed by atoms with Crippen LogP contribution in [0.15, 0.2) is 29.2 Å². The first-order valence-corrected chi connectivity index (χ1v) is 9.71.